The first-order chi connectivity index (χ1) is 9.81. The number of fused-ring (bicyclic) bond motifs is 1. The third-order valence-electron chi connectivity index (χ3n) is 4.01. The molecule has 0 N–H and O–H groups in total. The molecule has 0 bridgehead atoms. The Bertz CT molecular complexity index is 581. The zero-order valence-corrected chi connectivity index (χ0v) is 12.3. The van der Waals surface area contributed by atoms with Gasteiger partial charge in [0.15, 0.2) is 0 Å². The average molecular weight is 289 g/mol. The number of benzene rings is 1. The van der Waals surface area contributed by atoms with Gasteiger partial charge in [0.25, 0.3) is 0 Å². The molecule has 0 aliphatic carbocycles. The maximum Gasteiger partial charge on any atom is 0.121 e. The van der Waals surface area contributed by atoms with Crippen molar-refractivity contribution >= 4 is 23.5 Å². The second-order valence-electron chi connectivity index (χ2n) is 5.42. The summed E-state index contributed by atoms with van der Waals surface area (Å²) in [4.78, 5) is 4.36. The highest BCUT2D eigenvalue weighted by molar-refractivity contribution is 7.80. The fourth-order valence-corrected chi connectivity index (χ4v) is 2.93. The number of thiol groups is 1. The first-order valence-electron chi connectivity index (χ1n) is 6.98. The highest BCUT2D eigenvalue weighted by Crippen LogP contribution is 2.33. The topological polar surface area (TPSA) is 31.4 Å². The van der Waals surface area contributed by atoms with E-state index < -0.39 is 0 Å². The van der Waals surface area contributed by atoms with Crippen molar-refractivity contribution < 1.29 is 9.47 Å². The molecule has 4 heteroatoms. The lowest BCUT2D eigenvalue weighted by Crippen LogP contribution is -2.36. The van der Waals surface area contributed by atoms with E-state index >= 15 is 0 Å². The minimum absolute atomic E-state index is 0.139. The van der Waals surface area contributed by atoms with E-state index in [-0.39, 0.29) is 5.41 Å². The summed E-state index contributed by atoms with van der Waals surface area (Å²) in [7, 11) is 0. The Hall–Kier alpha value is -1.26. The van der Waals surface area contributed by atoms with Crippen molar-refractivity contribution in [2.75, 3.05) is 25.6 Å². The molecule has 1 aromatic carbocycles. The fourth-order valence-electron chi connectivity index (χ4n) is 2.52. The molecule has 2 heterocycles. The van der Waals surface area contributed by atoms with Crippen molar-refractivity contribution in [3.63, 3.8) is 0 Å². The average Bonchev–Trinajstić information content (AvgIpc) is 2.54. The molecule has 3 rings (SSSR count). The zero-order chi connectivity index (χ0) is 13.8. The molecular weight excluding hydrogens is 270 g/mol. The summed E-state index contributed by atoms with van der Waals surface area (Å²) in [5.74, 6) is 1.71. The molecule has 0 atom stereocenters. The van der Waals surface area contributed by atoms with E-state index in [0.717, 1.165) is 48.5 Å². The molecule has 0 spiro atoms. The number of aromatic nitrogens is 1. The van der Waals surface area contributed by atoms with Crippen molar-refractivity contribution in [2.24, 2.45) is 5.41 Å². The predicted octanol–water partition coefficient (Wildman–Crippen LogP) is 3.34. The van der Waals surface area contributed by atoms with Crippen LogP contribution in [0.2, 0.25) is 0 Å². The number of ether oxygens (including phenoxy) is 2. The maximum absolute atomic E-state index is 6.00. The quantitative estimate of drug-likeness (QED) is 0.876. The van der Waals surface area contributed by atoms with Gasteiger partial charge in [-0.15, -0.1) is 0 Å². The van der Waals surface area contributed by atoms with Crippen LogP contribution in [0.3, 0.4) is 0 Å². The van der Waals surface area contributed by atoms with Crippen LogP contribution in [0.25, 0.3) is 10.9 Å². The Labute approximate surface area is 124 Å². The lowest BCUT2D eigenvalue weighted by molar-refractivity contribution is 0.00313. The minimum Gasteiger partial charge on any atom is -0.493 e. The Balaban J connectivity index is 1.72. The first kappa shape index (κ1) is 13.7. The molecule has 1 saturated heterocycles. The number of hydrogen-bond acceptors (Lipinski definition) is 4. The van der Waals surface area contributed by atoms with Crippen LogP contribution in [0.1, 0.15) is 12.8 Å². The molecule has 106 valence electrons. The van der Waals surface area contributed by atoms with Crippen LogP contribution in [0.15, 0.2) is 36.5 Å². The highest BCUT2D eigenvalue weighted by Gasteiger charge is 2.32. The standard InChI is InChI=1S/C16H19NO2S/c20-12-16(5-8-18-9-6-16)11-19-14-4-3-13-2-1-7-17-15(13)10-14/h1-4,7,10,20H,5-6,8-9,11-12H2. The second kappa shape index (κ2) is 6.02. The Kier molecular flexibility index (Phi) is 4.13. The van der Waals surface area contributed by atoms with Gasteiger partial charge in [-0.1, -0.05) is 6.07 Å². The van der Waals surface area contributed by atoms with Gasteiger partial charge < -0.3 is 9.47 Å². The third kappa shape index (κ3) is 2.91. The van der Waals surface area contributed by atoms with Crippen LogP contribution >= 0.6 is 12.6 Å². The van der Waals surface area contributed by atoms with E-state index in [0.29, 0.717) is 6.61 Å². The van der Waals surface area contributed by atoms with Crippen molar-refractivity contribution in [1.82, 2.24) is 4.98 Å². The van der Waals surface area contributed by atoms with Crippen LogP contribution in [0.5, 0.6) is 5.75 Å². The highest BCUT2D eigenvalue weighted by atomic mass is 32.1. The molecule has 0 radical (unpaired) electrons. The second-order valence-corrected chi connectivity index (χ2v) is 5.73. The molecule has 1 aliphatic heterocycles. The van der Waals surface area contributed by atoms with Gasteiger partial charge >= 0.3 is 0 Å². The van der Waals surface area contributed by atoms with E-state index in [1.807, 2.05) is 18.2 Å². The molecule has 3 nitrogen and oxygen atoms in total. The number of pyridine rings is 1. The molecule has 0 saturated carbocycles. The molecule has 1 aliphatic rings. The van der Waals surface area contributed by atoms with Crippen LogP contribution in [0, 0.1) is 5.41 Å². The summed E-state index contributed by atoms with van der Waals surface area (Å²) in [5, 5.41) is 1.13. The first-order valence-corrected chi connectivity index (χ1v) is 7.61. The van der Waals surface area contributed by atoms with Gasteiger partial charge in [0, 0.05) is 36.3 Å². The van der Waals surface area contributed by atoms with Gasteiger partial charge in [0.2, 0.25) is 0 Å². The fraction of sp³-hybridized carbons (Fsp3) is 0.438. The lowest BCUT2D eigenvalue weighted by Gasteiger charge is -2.35. The van der Waals surface area contributed by atoms with Gasteiger partial charge in [-0.3, -0.25) is 4.98 Å². The van der Waals surface area contributed by atoms with Crippen molar-refractivity contribution in [3.05, 3.63) is 36.5 Å². The zero-order valence-electron chi connectivity index (χ0n) is 11.4. The Morgan fingerprint density at radius 3 is 2.90 bits per heavy atom. The minimum atomic E-state index is 0.139. The summed E-state index contributed by atoms with van der Waals surface area (Å²) in [5.41, 5.74) is 1.11. The van der Waals surface area contributed by atoms with Crippen molar-refractivity contribution in [1.29, 1.82) is 0 Å². The van der Waals surface area contributed by atoms with Gasteiger partial charge in [-0.05, 0) is 36.8 Å². The molecule has 1 fully saturated rings. The molecule has 1 aromatic heterocycles. The van der Waals surface area contributed by atoms with Gasteiger partial charge in [-0.25, -0.2) is 0 Å². The van der Waals surface area contributed by atoms with Crippen LogP contribution in [0.4, 0.5) is 0 Å². The molecule has 0 amide bonds. The molecule has 2 aromatic rings. The molecule has 20 heavy (non-hydrogen) atoms. The normalized spacial score (nSPS) is 18.1. The predicted molar refractivity (Wildman–Crippen MR) is 83.6 cm³/mol. The summed E-state index contributed by atoms with van der Waals surface area (Å²) >= 11 is 4.51. The van der Waals surface area contributed by atoms with Gasteiger partial charge in [0.05, 0.1) is 12.1 Å². The van der Waals surface area contributed by atoms with Gasteiger partial charge in [0.1, 0.15) is 5.75 Å². The van der Waals surface area contributed by atoms with Gasteiger partial charge in [-0.2, -0.15) is 12.6 Å². The van der Waals surface area contributed by atoms with Crippen LogP contribution in [-0.4, -0.2) is 30.6 Å². The van der Waals surface area contributed by atoms with E-state index in [9.17, 15) is 0 Å². The number of nitrogens with zero attached hydrogens (tertiary/aromatic N) is 1. The van der Waals surface area contributed by atoms with Crippen molar-refractivity contribution in [3.8, 4) is 5.75 Å². The van der Waals surface area contributed by atoms with Crippen LogP contribution in [-0.2, 0) is 4.74 Å². The summed E-state index contributed by atoms with van der Waals surface area (Å²) < 4.78 is 11.4. The third-order valence-corrected chi connectivity index (χ3v) is 4.68. The molecule has 0 unspecified atom stereocenters. The van der Waals surface area contributed by atoms with E-state index in [1.165, 1.54) is 0 Å². The summed E-state index contributed by atoms with van der Waals surface area (Å²) in [6.45, 7) is 2.31. The lowest BCUT2D eigenvalue weighted by atomic mass is 9.83. The maximum atomic E-state index is 6.00. The summed E-state index contributed by atoms with van der Waals surface area (Å²) in [6.07, 6.45) is 3.84. The smallest absolute Gasteiger partial charge is 0.121 e. The van der Waals surface area contributed by atoms with E-state index in [1.54, 1.807) is 6.20 Å². The number of hydrogen-bond donors (Lipinski definition) is 1. The monoisotopic (exact) mass is 289 g/mol. The van der Waals surface area contributed by atoms with Crippen LogP contribution < -0.4 is 4.74 Å². The Morgan fingerprint density at radius 2 is 2.10 bits per heavy atom. The number of rotatable bonds is 4. The van der Waals surface area contributed by atoms with E-state index in [4.69, 9.17) is 9.47 Å². The Morgan fingerprint density at radius 1 is 1.25 bits per heavy atom. The largest absolute Gasteiger partial charge is 0.493 e. The van der Waals surface area contributed by atoms with E-state index in [2.05, 4.69) is 29.7 Å². The van der Waals surface area contributed by atoms with Crippen molar-refractivity contribution in [2.45, 2.75) is 12.8 Å². The summed E-state index contributed by atoms with van der Waals surface area (Å²) in [6, 6.07) is 10.1. The molecular formula is C16H19NO2S. The SMILES string of the molecule is SCC1(COc2ccc3cccnc3c2)CCOCC1.